The second-order valence-electron chi connectivity index (χ2n) is 10.8. The molecule has 0 saturated carbocycles. The Morgan fingerprint density at radius 1 is 0.500 bits per heavy atom. The summed E-state index contributed by atoms with van der Waals surface area (Å²) in [6, 6.07) is 0. The Balaban J connectivity index is 5.73. The summed E-state index contributed by atoms with van der Waals surface area (Å²) in [4.78, 5) is 12.9. The fourth-order valence-corrected chi connectivity index (χ4v) is 7.89. The van der Waals surface area contributed by atoms with Crippen molar-refractivity contribution < 1.29 is 22.9 Å². The van der Waals surface area contributed by atoms with Crippen LogP contribution in [0.3, 0.4) is 0 Å². The quantitative estimate of drug-likeness (QED) is 0.0479. The molecule has 0 heterocycles. The van der Waals surface area contributed by atoms with Crippen LogP contribution in [0.5, 0.6) is 0 Å². The number of hydrogen-bond donors (Lipinski definition) is 0. The molecule has 0 saturated heterocycles. The number of carbonyl (C=O) groups is 1. The van der Waals surface area contributed by atoms with E-state index in [2.05, 4.69) is 34.3 Å². The van der Waals surface area contributed by atoms with Gasteiger partial charge < -0.3 is 0 Å². The van der Waals surface area contributed by atoms with Gasteiger partial charge in [0.05, 0.1) is 0 Å². The van der Waals surface area contributed by atoms with Gasteiger partial charge in [-0.15, -0.1) is 0 Å². The zero-order valence-corrected chi connectivity index (χ0v) is 26.8. The molecule has 0 aliphatic rings. The van der Waals surface area contributed by atoms with Crippen molar-refractivity contribution in [3.05, 3.63) is 12.7 Å². The molecule has 228 valence electrons. The van der Waals surface area contributed by atoms with Crippen LogP contribution in [0.25, 0.3) is 0 Å². The minimum absolute atomic E-state index is 0.00292. The molecule has 0 aromatic carbocycles. The number of allylic oxidation sites excluding steroid dienone is 1. The second-order valence-corrected chi connectivity index (χ2v) is 14.1. The van der Waals surface area contributed by atoms with E-state index in [9.17, 15) is 4.79 Å². The molecule has 5 nitrogen and oxygen atoms in total. The van der Waals surface area contributed by atoms with Crippen molar-refractivity contribution >= 4 is 13.3 Å². The summed E-state index contributed by atoms with van der Waals surface area (Å²) < 4.78 is 26.6. The van der Waals surface area contributed by atoms with Gasteiger partial charge in [0.25, 0.3) is 0 Å². The van der Waals surface area contributed by atoms with E-state index in [-0.39, 0.29) is 11.9 Å². The number of carbonyl (C=O) groups excluding carboxylic acids is 1. The van der Waals surface area contributed by atoms with Gasteiger partial charge in [-0.3, -0.25) is 0 Å². The van der Waals surface area contributed by atoms with Crippen LogP contribution in [0.1, 0.15) is 156 Å². The third-order valence-corrected chi connectivity index (χ3v) is 10.5. The molecule has 0 aliphatic carbocycles. The van der Waals surface area contributed by atoms with E-state index in [1.807, 2.05) is 0 Å². The Hall–Kier alpha value is -0.320. The van der Waals surface area contributed by atoms with Crippen molar-refractivity contribution in [2.45, 2.75) is 156 Å². The van der Waals surface area contributed by atoms with E-state index in [4.69, 9.17) is 18.1 Å². The zero-order valence-electron chi connectivity index (χ0n) is 26.0. The molecule has 6 heteroatoms. The van der Waals surface area contributed by atoms with E-state index >= 15 is 0 Å². The normalized spacial score (nSPS) is 12.9. The van der Waals surface area contributed by atoms with E-state index in [0.717, 1.165) is 51.4 Å². The Bertz CT molecular complexity index is 478. The zero-order chi connectivity index (χ0) is 28.2. The van der Waals surface area contributed by atoms with Crippen LogP contribution in [-0.2, 0) is 22.9 Å². The van der Waals surface area contributed by atoms with Crippen molar-refractivity contribution in [2.24, 2.45) is 0 Å². The molecular weight excluding hydrogens is 495 g/mol. The molecule has 0 radical (unpaired) electrons. The van der Waals surface area contributed by atoms with Crippen molar-refractivity contribution in [3.63, 3.8) is 0 Å². The summed E-state index contributed by atoms with van der Waals surface area (Å²) in [7, 11) is -4.13. The van der Waals surface area contributed by atoms with E-state index in [1.54, 1.807) is 0 Å². The van der Waals surface area contributed by atoms with E-state index in [1.165, 1.54) is 83.1 Å². The fourth-order valence-electron chi connectivity index (χ4n) is 4.51. The first-order valence-corrected chi connectivity index (χ1v) is 18.4. The van der Waals surface area contributed by atoms with Crippen molar-refractivity contribution in [1.82, 2.24) is 0 Å². The average molecular weight is 561 g/mol. The summed E-state index contributed by atoms with van der Waals surface area (Å²) >= 11 is 0. The monoisotopic (exact) mass is 560 g/mol. The summed E-state index contributed by atoms with van der Waals surface area (Å²) in [5, 5.41) is 0. The summed E-state index contributed by atoms with van der Waals surface area (Å²) in [6.45, 7) is 14.6. The third-order valence-electron chi connectivity index (χ3n) is 7.00. The van der Waals surface area contributed by atoms with Crippen LogP contribution in [0, 0.1) is 0 Å². The maximum atomic E-state index is 12.9. The van der Waals surface area contributed by atoms with E-state index < -0.39 is 7.51 Å². The summed E-state index contributed by atoms with van der Waals surface area (Å²) in [6.07, 6.45) is 23.9. The second kappa shape index (κ2) is 25.6. The van der Waals surface area contributed by atoms with Gasteiger partial charge in [0.2, 0.25) is 0 Å². The minimum atomic E-state index is -4.13. The van der Waals surface area contributed by atoms with Gasteiger partial charge in [-0.1, -0.05) is 0 Å². The van der Waals surface area contributed by atoms with Gasteiger partial charge in [0, 0.05) is 0 Å². The van der Waals surface area contributed by atoms with Crippen LogP contribution in [0.2, 0.25) is 0 Å². The van der Waals surface area contributed by atoms with Crippen LogP contribution in [0.4, 0.5) is 0 Å². The standard InChI is InChI=1S/C32H65O5P/c1-6-11-15-19-23-27-34-38(31-32(33)10-5,35-28-24-20-16-12-7-2,36-29-25-21-17-13-8-3)37-30-26-22-18-14-9-4/h10H,5-9,11-31H2,1-4H3. The first-order chi connectivity index (χ1) is 18.5. The van der Waals surface area contributed by atoms with Gasteiger partial charge in [0.1, 0.15) is 0 Å². The Morgan fingerprint density at radius 3 is 1.00 bits per heavy atom. The van der Waals surface area contributed by atoms with Gasteiger partial charge in [0.15, 0.2) is 0 Å². The molecule has 0 aromatic rings. The maximum absolute atomic E-state index is 12.9. The van der Waals surface area contributed by atoms with E-state index in [0.29, 0.717) is 26.4 Å². The van der Waals surface area contributed by atoms with Crippen LogP contribution < -0.4 is 0 Å². The number of hydrogen-bond acceptors (Lipinski definition) is 5. The molecule has 0 unspecified atom stereocenters. The van der Waals surface area contributed by atoms with Gasteiger partial charge >= 0.3 is 238 Å². The van der Waals surface area contributed by atoms with Crippen molar-refractivity contribution in [3.8, 4) is 0 Å². The number of unbranched alkanes of at least 4 members (excludes halogenated alkanes) is 16. The molecule has 0 atom stereocenters. The van der Waals surface area contributed by atoms with Gasteiger partial charge in [-0.05, 0) is 0 Å². The van der Waals surface area contributed by atoms with Crippen LogP contribution in [0.15, 0.2) is 12.7 Å². The summed E-state index contributed by atoms with van der Waals surface area (Å²) in [5.74, 6) is -0.128. The molecule has 0 amide bonds. The Kier molecular flexibility index (Phi) is 25.4. The van der Waals surface area contributed by atoms with Gasteiger partial charge in [-0.2, -0.15) is 0 Å². The van der Waals surface area contributed by atoms with Crippen molar-refractivity contribution in [1.29, 1.82) is 0 Å². The molecule has 0 N–H and O–H groups in total. The molecule has 38 heavy (non-hydrogen) atoms. The Labute approximate surface area is 237 Å². The summed E-state index contributed by atoms with van der Waals surface area (Å²) in [5.41, 5.74) is 0. The molecule has 0 aliphatic heterocycles. The average Bonchev–Trinajstić information content (AvgIpc) is 2.92. The molecule has 0 spiro atoms. The van der Waals surface area contributed by atoms with Crippen LogP contribution in [-0.4, -0.2) is 38.4 Å². The first-order valence-electron chi connectivity index (χ1n) is 16.3. The number of ketones is 1. The molecule has 0 rings (SSSR count). The molecule has 0 bridgehead atoms. The van der Waals surface area contributed by atoms with Crippen LogP contribution >= 0.6 is 7.51 Å². The van der Waals surface area contributed by atoms with Gasteiger partial charge in [-0.25, -0.2) is 0 Å². The SMILES string of the molecule is C=CC(=O)CP(OCCCCCCC)(OCCCCCCC)(OCCCCCCC)OCCCCCCC. The topological polar surface area (TPSA) is 54.0 Å². The predicted molar refractivity (Wildman–Crippen MR) is 166 cm³/mol. The molecule has 0 fully saturated rings. The molecular formula is C32H65O5P. The fraction of sp³-hybridized carbons (Fsp3) is 0.906. The molecule has 0 aromatic heterocycles. The third kappa shape index (κ3) is 18.9. The number of rotatable bonds is 31. The van der Waals surface area contributed by atoms with Crippen molar-refractivity contribution in [2.75, 3.05) is 32.6 Å². The first kappa shape index (κ1) is 37.7. The predicted octanol–water partition coefficient (Wildman–Crippen LogP) is 10.9. The Morgan fingerprint density at radius 2 is 0.763 bits per heavy atom.